The maximum atomic E-state index is 12.4. The zero-order chi connectivity index (χ0) is 12.4. The SMILES string of the molecule is NCC1CCCN1C(=O)c1cc(Br)ccc1I. The van der Waals surface area contributed by atoms with Crippen molar-refractivity contribution in [3.05, 3.63) is 31.8 Å². The van der Waals surface area contributed by atoms with Crippen LogP contribution in [0.1, 0.15) is 23.2 Å². The van der Waals surface area contributed by atoms with Gasteiger partial charge in [0.1, 0.15) is 0 Å². The summed E-state index contributed by atoms with van der Waals surface area (Å²) in [5.74, 6) is 0.101. The van der Waals surface area contributed by atoms with Gasteiger partial charge in [0.25, 0.3) is 5.91 Å². The molecule has 1 atom stereocenters. The van der Waals surface area contributed by atoms with Gasteiger partial charge in [-0.2, -0.15) is 0 Å². The van der Waals surface area contributed by atoms with Crippen molar-refractivity contribution in [1.29, 1.82) is 0 Å². The van der Waals surface area contributed by atoms with Crippen molar-refractivity contribution < 1.29 is 4.79 Å². The van der Waals surface area contributed by atoms with Gasteiger partial charge in [-0.05, 0) is 53.6 Å². The van der Waals surface area contributed by atoms with E-state index in [9.17, 15) is 4.79 Å². The molecular formula is C12H14BrIN2O. The third-order valence-electron chi connectivity index (χ3n) is 3.07. The summed E-state index contributed by atoms with van der Waals surface area (Å²) in [6, 6.07) is 5.99. The summed E-state index contributed by atoms with van der Waals surface area (Å²) in [5, 5.41) is 0. The number of likely N-dealkylation sites (tertiary alicyclic amines) is 1. The number of nitrogens with zero attached hydrogens (tertiary/aromatic N) is 1. The Kier molecular flexibility index (Phi) is 4.43. The van der Waals surface area contributed by atoms with E-state index >= 15 is 0 Å². The molecule has 1 amide bonds. The van der Waals surface area contributed by atoms with Gasteiger partial charge in [-0.3, -0.25) is 4.79 Å². The summed E-state index contributed by atoms with van der Waals surface area (Å²) in [6.45, 7) is 1.37. The molecule has 1 aliphatic rings. The molecule has 1 aromatic rings. The van der Waals surface area contributed by atoms with Gasteiger partial charge >= 0.3 is 0 Å². The van der Waals surface area contributed by atoms with E-state index in [1.807, 2.05) is 23.1 Å². The molecular weight excluding hydrogens is 395 g/mol. The normalized spacial score (nSPS) is 19.7. The Morgan fingerprint density at radius 1 is 1.59 bits per heavy atom. The first-order valence-corrected chi connectivity index (χ1v) is 7.46. The number of hydrogen-bond acceptors (Lipinski definition) is 2. The van der Waals surface area contributed by atoms with Crippen LogP contribution in [0.5, 0.6) is 0 Å². The molecule has 2 rings (SSSR count). The van der Waals surface area contributed by atoms with Gasteiger partial charge in [-0.25, -0.2) is 0 Å². The molecule has 1 aromatic carbocycles. The summed E-state index contributed by atoms with van der Waals surface area (Å²) in [6.07, 6.45) is 2.07. The first-order valence-electron chi connectivity index (χ1n) is 5.59. The molecule has 17 heavy (non-hydrogen) atoms. The van der Waals surface area contributed by atoms with Gasteiger partial charge < -0.3 is 10.6 Å². The Morgan fingerprint density at radius 2 is 2.35 bits per heavy atom. The van der Waals surface area contributed by atoms with Crippen LogP contribution in [0.15, 0.2) is 22.7 Å². The minimum Gasteiger partial charge on any atom is -0.334 e. The molecule has 1 fully saturated rings. The average Bonchev–Trinajstić information content (AvgIpc) is 2.79. The molecule has 1 heterocycles. The summed E-state index contributed by atoms with van der Waals surface area (Å²) in [7, 11) is 0. The number of hydrogen-bond donors (Lipinski definition) is 1. The van der Waals surface area contributed by atoms with E-state index in [-0.39, 0.29) is 11.9 Å². The highest BCUT2D eigenvalue weighted by molar-refractivity contribution is 14.1. The third-order valence-corrected chi connectivity index (χ3v) is 4.50. The maximum Gasteiger partial charge on any atom is 0.255 e. The van der Waals surface area contributed by atoms with E-state index in [0.29, 0.717) is 6.54 Å². The van der Waals surface area contributed by atoms with Crippen LogP contribution in [0.25, 0.3) is 0 Å². The number of nitrogens with two attached hydrogens (primary N) is 1. The van der Waals surface area contributed by atoms with Crippen LogP contribution in [-0.2, 0) is 0 Å². The second-order valence-electron chi connectivity index (χ2n) is 4.15. The van der Waals surface area contributed by atoms with Crippen LogP contribution in [0.3, 0.4) is 0 Å². The molecule has 0 bridgehead atoms. The van der Waals surface area contributed by atoms with Gasteiger partial charge in [0.2, 0.25) is 0 Å². The van der Waals surface area contributed by atoms with Crippen molar-refractivity contribution in [1.82, 2.24) is 4.90 Å². The van der Waals surface area contributed by atoms with Crippen molar-refractivity contribution in [3.63, 3.8) is 0 Å². The van der Waals surface area contributed by atoms with Crippen LogP contribution in [-0.4, -0.2) is 29.9 Å². The lowest BCUT2D eigenvalue weighted by Crippen LogP contribution is -2.40. The monoisotopic (exact) mass is 408 g/mol. The summed E-state index contributed by atoms with van der Waals surface area (Å²) in [5.41, 5.74) is 6.47. The van der Waals surface area contributed by atoms with Crippen LogP contribution in [0.2, 0.25) is 0 Å². The summed E-state index contributed by atoms with van der Waals surface area (Å²) >= 11 is 5.60. The fourth-order valence-electron chi connectivity index (χ4n) is 2.16. The molecule has 1 unspecified atom stereocenters. The number of amides is 1. The molecule has 0 radical (unpaired) electrons. The predicted octanol–water partition coefficient (Wildman–Crippen LogP) is 2.62. The second kappa shape index (κ2) is 5.67. The quantitative estimate of drug-likeness (QED) is 0.764. The molecule has 0 saturated carbocycles. The van der Waals surface area contributed by atoms with Crippen LogP contribution >= 0.6 is 38.5 Å². The average molecular weight is 409 g/mol. The van der Waals surface area contributed by atoms with E-state index in [0.717, 1.165) is 33.0 Å². The highest BCUT2D eigenvalue weighted by Crippen LogP contribution is 2.24. The second-order valence-corrected chi connectivity index (χ2v) is 6.23. The van der Waals surface area contributed by atoms with E-state index in [4.69, 9.17) is 5.73 Å². The minimum atomic E-state index is 0.101. The Balaban J connectivity index is 2.27. The highest BCUT2D eigenvalue weighted by atomic mass is 127. The Morgan fingerprint density at radius 3 is 3.06 bits per heavy atom. The van der Waals surface area contributed by atoms with Gasteiger partial charge in [-0.1, -0.05) is 15.9 Å². The molecule has 0 aromatic heterocycles. The zero-order valence-electron chi connectivity index (χ0n) is 9.33. The number of rotatable bonds is 2. The lowest BCUT2D eigenvalue weighted by molar-refractivity contribution is 0.0740. The Labute approximate surface area is 123 Å². The van der Waals surface area contributed by atoms with Crippen LogP contribution in [0, 0.1) is 3.57 Å². The van der Waals surface area contributed by atoms with Crippen LogP contribution in [0.4, 0.5) is 0 Å². The van der Waals surface area contributed by atoms with E-state index in [1.165, 1.54) is 0 Å². The van der Waals surface area contributed by atoms with E-state index < -0.39 is 0 Å². The molecule has 3 nitrogen and oxygen atoms in total. The van der Waals surface area contributed by atoms with Crippen molar-refractivity contribution in [2.75, 3.05) is 13.1 Å². The lowest BCUT2D eigenvalue weighted by Gasteiger charge is -2.24. The minimum absolute atomic E-state index is 0.101. The van der Waals surface area contributed by atoms with Gasteiger partial charge in [0.05, 0.1) is 5.56 Å². The van der Waals surface area contributed by atoms with Gasteiger partial charge in [-0.15, -0.1) is 0 Å². The molecule has 0 aliphatic carbocycles. The fraction of sp³-hybridized carbons (Fsp3) is 0.417. The highest BCUT2D eigenvalue weighted by Gasteiger charge is 2.29. The van der Waals surface area contributed by atoms with Crippen molar-refractivity contribution in [2.24, 2.45) is 5.73 Å². The number of carbonyl (C=O) groups excluding carboxylic acids is 1. The smallest absolute Gasteiger partial charge is 0.255 e. The Hall–Kier alpha value is -0.140. The first kappa shape index (κ1) is 13.3. The Bertz CT molecular complexity index is 439. The number of halogens is 2. The van der Waals surface area contributed by atoms with Crippen LogP contribution < -0.4 is 5.73 Å². The summed E-state index contributed by atoms with van der Waals surface area (Å²) in [4.78, 5) is 14.3. The molecule has 92 valence electrons. The number of carbonyl (C=O) groups is 1. The van der Waals surface area contributed by atoms with E-state index in [1.54, 1.807) is 0 Å². The third kappa shape index (κ3) is 2.82. The molecule has 1 aliphatic heterocycles. The van der Waals surface area contributed by atoms with Crippen molar-refractivity contribution in [2.45, 2.75) is 18.9 Å². The van der Waals surface area contributed by atoms with Crippen molar-refractivity contribution in [3.8, 4) is 0 Å². The lowest BCUT2D eigenvalue weighted by atomic mass is 10.1. The molecule has 1 saturated heterocycles. The fourth-order valence-corrected chi connectivity index (χ4v) is 3.09. The number of benzene rings is 1. The standard InChI is InChI=1S/C12H14BrIN2O/c13-8-3-4-11(14)10(6-8)12(17)16-5-1-2-9(16)7-15/h3-4,6,9H,1-2,5,7,15H2. The molecule has 5 heteroatoms. The van der Waals surface area contributed by atoms with Crippen molar-refractivity contribution >= 4 is 44.4 Å². The predicted molar refractivity (Wildman–Crippen MR) is 80.0 cm³/mol. The van der Waals surface area contributed by atoms with Gasteiger partial charge in [0, 0.05) is 27.2 Å². The van der Waals surface area contributed by atoms with E-state index in [2.05, 4.69) is 38.5 Å². The molecule has 0 spiro atoms. The zero-order valence-corrected chi connectivity index (χ0v) is 13.1. The summed E-state index contributed by atoms with van der Waals surface area (Å²) < 4.78 is 1.92. The topological polar surface area (TPSA) is 46.3 Å². The molecule has 2 N–H and O–H groups in total. The largest absolute Gasteiger partial charge is 0.334 e. The maximum absolute atomic E-state index is 12.4. The van der Waals surface area contributed by atoms with Gasteiger partial charge in [0.15, 0.2) is 0 Å². The first-order chi connectivity index (χ1) is 8.13.